The second-order valence-electron chi connectivity index (χ2n) is 4.70. The summed E-state index contributed by atoms with van der Waals surface area (Å²) in [6.45, 7) is 2.01. The molecular weight excluding hydrogens is 268 g/mol. The summed E-state index contributed by atoms with van der Waals surface area (Å²) in [7, 11) is -3.27. The van der Waals surface area contributed by atoms with Crippen LogP contribution in [0.2, 0.25) is 0 Å². The van der Waals surface area contributed by atoms with E-state index in [4.69, 9.17) is 9.47 Å². The number of hydrogen-bond acceptors (Lipinski definition) is 5. The van der Waals surface area contributed by atoms with Crippen LogP contribution >= 0.6 is 0 Å². The molecule has 0 bridgehead atoms. The number of epoxide rings is 1. The maximum Gasteiger partial charge on any atom is 0.338 e. The van der Waals surface area contributed by atoms with E-state index in [0.29, 0.717) is 12.0 Å². The second kappa shape index (κ2) is 4.05. The molecule has 6 heteroatoms. The van der Waals surface area contributed by atoms with Crippen molar-refractivity contribution >= 4 is 15.8 Å². The molecule has 0 radical (unpaired) electrons. The molecule has 1 fully saturated rings. The van der Waals surface area contributed by atoms with Gasteiger partial charge in [0.1, 0.15) is 5.60 Å². The molecule has 0 N–H and O–H groups in total. The molecule has 19 heavy (non-hydrogen) atoms. The second-order valence-corrected chi connectivity index (χ2v) is 6.78. The Balaban J connectivity index is 2.02. The first-order valence-electron chi connectivity index (χ1n) is 6.18. The highest BCUT2D eigenvalue weighted by atomic mass is 32.2. The molecule has 2 unspecified atom stereocenters. The Morgan fingerprint density at radius 3 is 2.95 bits per heavy atom. The maximum absolute atomic E-state index is 12.0. The molecule has 1 aromatic carbocycles. The molecule has 3 rings (SSSR count). The highest BCUT2D eigenvalue weighted by Crippen LogP contribution is 2.54. The van der Waals surface area contributed by atoms with Crippen LogP contribution in [0.15, 0.2) is 29.2 Å². The zero-order valence-corrected chi connectivity index (χ0v) is 11.3. The van der Waals surface area contributed by atoms with E-state index in [0.717, 1.165) is 0 Å². The monoisotopic (exact) mass is 282 g/mol. The minimum atomic E-state index is -3.27. The number of ether oxygens (including phenoxy) is 2. The number of fused-ring (bicyclic) bond motifs is 2. The quantitative estimate of drug-likeness (QED) is 0.598. The number of esters is 1. The third-order valence-electron chi connectivity index (χ3n) is 3.62. The molecule has 2 atom stereocenters. The topological polar surface area (TPSA) is 73.0 Å². The van der Waals surface area contributed by atoms with Crippen LogP contribution in [-0.2, 0) is 29.7 Å². The van der Waals surface area contributed by atoms with E-state index >= 15 is 0 Å². The minimum Gasteiger partial charge on any atom is -0.464 e. The molecule has 1 saturated heterocycles. The molecule has 2 aliphatic rings. The Morgan fingerprint density at radius 1 is 1.47 bits per heavy atom. The Labute approximate surface area is 111 Å². The number of hydrogen-bond donors (Lipinski definition) is 0. The highest BCUT2D eigenvalue weighted by Gasteiger charge is 2.65. The summed E-state index contributed by atoms with van der Waals surface area (Å²) in [5.74, 6) is -0.420. The summed E-state index contributed by atoms with van der Waals surface area (Å²) in [4.78, 5) is 12.0. The normalized spacial score (nSPS) is 30.7. The van der Waals surface area contributed by atoms with Gasteiger partial charge in [-0.25, -0.2) is 13.2 Å². The number of carbonyl (C=O) groups is 1. The van der Waals surface area contributed by atoms with Crippen molar-refractivity contribution in [1.82, 2.24) is 0 Å². The molecule has 0 saturated carbocycles. The van der Waals surface area contributed by atoms with Gasteiger partial charge in [-0.1, -0.05) is 18.2 Å². The van der Waals surface area contributed by atoms with E-state index in [1.165, 1.54) is 0 Å². The average molecular weight is 282 g/mol. The van der Waals surface area contributed by atoms with Gasteiger partial charge in [-0.2, -0.15) is 0 Å². The van der Waals surface area contributed by atoms with Crippen molar-refractivity contribution in [3.05, 3.63) is 29.8 Å². The molecular formula is C13H14O5S. The first kappa shape index (κ1) is 12.6. The third kappa shape index (κ3) is 1.78. The smallest absolute Gasteiger partial charge is 0.338 e. The Kier molecular flexibility index (Phi) is 2.69. The van der Waals surface area contributed by atoms with Gasteiger partial charge >= 0.3 is 5.97 Å². The Hall–Kier alpha value is -1.40. The lowest BCUT2D eigenvalue weighted by Gasteiger charge is -2.22. The highest BCUT2D eigenvalue weighted by molar-refractivity contribution is 7.91. The molecule has 0 aromatic heterocycles. The lowest BCUT2D eigenvalue weighted by molar-refractivity contribution is -0.144. The molecule has 5 nitrogen and oxygen atoms in total. The molecule has 1 aromatic rings. The van der Waals surface area contributed by atoms with Crippen molar-refractivity contribution in [3.63, 3.8) is 0 Å². The predicted molar refractivity (Wildman–Crippen MR) is 66.3 cm³/mol. The summed E-state index contributed by atoms with van der Waals surface area (Å²) in [6.07, 6.45) is -0.375. The fourth-order valence-electron chi connectivity index (χ4n) is 2.65. The van der Waals surface area contributed by atoms with Crippen LogP contribution in [0.1, 0.15) is 18.9 Å². The van der Waals surface area contributed by atoms with Crippen LogP contribution < -0.4 is 0 Å². The molecule has 102 valence electrons. The largest absolute Gasteiger partial charge is 0.464 e. The summed E-state index contributed by atoms with van der Waals surface area (Å²) in [5.41, 5.74) is -0.215. The maximum atomic E-state index is 12.0. The van der Waals surface area contributed by atoms with Gasteiger partial charge in [0, 0.05) is 5.56 Å². The van der Waals surface area contributed by atoms with E-state index in [1.807, 2.05) is 0 Å². The van der Waals surface area contributed by atoms with Crippen molar-refractivity contribution in [1.29, 1.82) is 0 Å². The lowest BCUT2D eigenvalue weighted by Crippen LogP contribution is -2.30. The van der Waals surface area contributed by atoms with E-state index in [1.54, 1.807) is 31.2 Å². The zero-order chi connectivity index (χ0) is 13.7. The summed E-state index contributed by atoms with van der Waals surface area (Å²) >= 11 is 0. The fraction of sp³-hybridized carbons (Fsp3) is 0.462. The predicted octanol–water partition coefficient (Wildman–Crippen LogP) is 1.02. The Bertz CT molecular complexity index is 636. The van der Waals surface area contributed by atoms with Crippen molar-refractivity contribution in [2.75, 3.05) is 12.4 Å². The van der Waals surface area contributed by atoms with Gasteiger partial charge in [0.05, 0.1) is 17.3 Å². The van der Waals surface area contributed by atoms with Crippen LogP contribution in [0.4, 0.5) is 0 Å². The van der Waals surface area contributed by atoms with Gasteiger partial charge in [0.25, 0.3) is 0 Å². The molecule has 1 spiro atoms. The third-order valence-corrected chi connectivity index (χ3v) is 5.38. The van der Waals surface area contributed by atoms with Gasteiger partial charge in [-0.05, 0) is 19.4 Å². The van der Waals surface area contributed by atoms with Crippen LogP contribution in [0.3, 0.4) is 0 Å². The van der Waals surface area contributed by atoms with E-state index < -0.39 is 27.5 Å². The fourth-order valence-corrected chi connectivity index (χ4v) is 4.30. The average Bonchev–Trinajstić information content (AvgIpc) is 3.12. The Morgan fingerprint density at radius 2 is 2.21 bits per heavy atom. The SMILES string of the molecule is CCOC(=O)C1OC12CCS(=O)(=O)c1ccccc12. The van der Waals surface area contributed by atoms with Crippen molar-refractivity contribution in [3.8, 4) is 0 Å². The van der Waals surface area contributed by atoms with Gasteiger partial charge in [0.2, 0.25) is 0 Å². The van der Waals surface area contributed by atoms with E-state index in [2.05, 4.69) is 0 Å². The number of carbonyl (C=O) groups excluding carboxylic acids is 1. The summed E-state index contributed by atoms with van der Waals surface area (Å²) < 4.78 is 34.5. The molecule has 0 aliphatic carbocycles. The van der Waals surface area contributed by atoms with Crippen molar-refractivity contribution in [2.24, 2.45) is 0 Å². The first-order chi connectivity index (χ1) is 9.01. The summed E-state index contributed by atoms with van der Waals surface area (Å²) in [5, 5.41) is 0. The molecule has 0 amide bonds. The van der Waals surface area contributed by atoms with Crippen LogP contribution in [0, 0.1) is 0 Å². The van der Waals surface area contributed by atoms with Gasteiger partial charge in [-0.15, -0.1) is 0 Å². The van der Waals surface area contributed by atoms with Crippen LogP contribution in [-0.4, -0.2) is 32.9 Å². The first-order valence-corrected chi connectivity index (χ1v) is 7.83. The van der Waals surface area contributed by atoms with E-state index in [-0.39, 0.29) is 17.3 Å². The molecule has 2 aliphatic heterocycles. The van der Waals surface area contributed by atoms with Gasteiger partial charge < -0.3 is 9.47 Å². The standard InChI is InChI=1S/C13H14O5S/c1-2-17-12(14)11-13(18-11)7-8-19(15,16)10-6-4-3-5-9(10)13/h3-6,11H,2,7-8H2,1H3. The number of benzene rings is 1. The lowest BCUT2D eigenvalue weighted by atomic mass is 9.92. The van der Waals surface area contributed by atoms with Crippen LogP contribution in [0.25, 0.3) is 0 Å². The minimum absolute atomic E-state index is 0.0000810. The number of sulfone groups is 1. The van der Waals surface area contributed by atoms with Crippen molar-refractivity contribution in [2.45, 2.75) is 29.9 Å². The zero-order valence-electron chi connectivity index (χ0n) is 10.5. The van der Waals surface area contributed by atoms with Gasteiger partial charge in [-0.3, -0.25) is 0 Å². The van der Waals surface area contributed by atoms with E-state index in [9.17, 15) is 13.2 Å². The summed E-state index contributed by atoms with van der Waals surface area (Å²) in [6, 6.07) is 6.71. The molecule has 2 heterocycles. The van der Waals surface area contributed by atoms with Gasteiger partial charge in [0.15, 0.2) is 15.9 Å². The number of rotatable bonds is 2. The van der Waals surface area contributed by atoms with Crippen LogP contribution in [0.5, 0.6) is 0 Å². The van der Waals surface area contributed by atoms with Crippen molar-refractivity contribution < 1.29 is 22.7 Å².